The smallest absolute Gasteiger partial charge is 0.265 e. The van der Waals surface area contributed by atoms with E-state index in [1.807, 2.05) is 30.3 Å². The molecule has 1 aromatic heterocycles. The van der Waals surface area contributed by atoms with Gasteiger partial charge in [0.05, 0.1) is 10.6 Å². The number of aryl methyl sites for hydroxylation is 1. The first-order chi connectivity index (χ1) is 12.1. The van der Waals surface area contributed by atoms with Crippen LogP contribution in [0.1, 0.15) is 16.7 Å². The number of rotatable bonds is 5. The molecule has 3 aromatic rings. The van der Waals surface area contributed by atoms with Crippen molar-refractivity contribution in [1.82, 2.24) is 9.82 Å². The van der Waals surface area contributed by atoms with Gasteiger partial charge in [0, 0.05) is 23.5 Å². The predicted octanol–water partition coefficient (Wildman–Crippen LogP) is 3.12. The lowest BCUT2D eigenvalue weighted by Crippen LogP contribution is -2.22. The van der Waals surface area contributed by atoms with E-state index in [4.69, 9.17) is 0 Å². The van der Waals surface area contributed by atoms with Crippen molar-refractivity contribution in [3.8, 4) is 0 Å². The Labute approximate surface area is 147 Å². The Bertz CT molecular complexity index is 944. The van der Waals surface area contributed by atoms with Gasteiger partial charge in [-0.15, -0.1) is 0 Å². The largest absolute Gasteiger partial charge is 0.276 e. The zero-order chi connectivity index (χ0) is 17.7. The molecular formula is C19H17N3O2S. The molecule has 0 aliphatic heterocycles. The first-order valence-electron chi connectivity index (χ1n) is 7.69. The van der Waals surface area contributed by atoms with Crippen molar-refractivity contribution in [3.05, 3.63) is 95.8 Å². The van der Waals surface area contributed by atoms with E-state index in [0.717, 1.165) is 11.1 Å². The molecular weight excluding hydrogens is 334 g/mol. The van der Waals surface area contributed by atoms with Gasteiger partial charge in [0.1, 0.15) is 0 Å². The molecule has 0 fully saturated rings. The lowest BCUT2D eigenvalue weighted by Gasteiger charge is -2.10. The molecule has 126 valence electrons. The van der Waals surface area contributed by atoms with Crippen LogP contribution in [0.15, 0.2) is 89.1 Å². The van der Waals surface area contributed by atoms with Crippen molar-refractivity contribution in [2.24, 2.45) is 5.10 Å². The van der Waals surface area contributed by atoms with Crippen molar-refractivity contribution >= 4 is 15.7 Å². The minimum atomic E-state index is -3.76. The minimum Gasteiger partial charge on any atom is -0.265 e. The normalized spacial score (nSPS) is 12.0. The van der Waals surface area contributed by atoms with E-state index in [1.54, 1.807) is 55.7 Å². The average Bonchev–Trinajstić information content (AvgIpc) is 2.64. The number of nitrogens with one attached hydrogen (secondary N) is 1. The first kappa shape index (κ1) is 16.9. The lowest BCUT2D eigenvalue weighted by atomic mass is 10.0. The third kappa shape index (κ3) is 3.92. The molecule has 0 amide bonds. The van der Waals surface area contributed by atoms with Gasteiger partial charge in [0.15, 0.2) is 0 Å². The van der Waals surface area contributed by atoms with Gasteiger partial charge in [-0.25, -0.2) is 0 Å². The van der Waals surface area contributed by atoms with Gasteiger partial charge in [-0.3, -0.25) is 4.98 Å². The Kier molecular flexibility index (Phi) is 4.90. The Morgan fingerprint density at radius 2 is 1.48 bits per heavy atom. The number of hydrogen-bond donors (Lipinski definition) is 1. The van der Waals surface area contributed by atoms with E-state index in [9.17, 15) is 8.42 Å². The molecule has 0 unspecified atom stereocenters. The summed E-state index contributed by atoms with van der Waals surface area (Å²) in [6.07, 6.45) is 3.28. The number of hydrazone groups is 1. The van der Waals surface area contributed by atoms with Crippen LogP contribution < -0.4 is 4.83 Å². The Hall–Kier alpha value is -2.99. The fraction of sp³-hybridized carbons (Fsp3) is 0.0526. The third-order valence-corrected chi connectivity index (χ3v) is 5.03. The highest BCUT2D eigenvalue weighted by Gasteiger charge is 2.16. The second-order valence-corrected chi connectivity index (χ2v) is 7.05. The molecule has 0 radical (unpaired) electrons. The Balaban J connectivity index is 2.01. The molecule has 25 heavy (non-hydrogen) atoms. The summed E-state index contributed by atoms with van der Waals surface area (Å²) in [5.41, 5.74) is 2.77. The van der Waals surface area contributed by atoms with E-state index in [1.165, 1.54) is 0 Å². The van der Waals surface area contributed by atoms with E-state index in [-0.39, 0.29) is 4.90 Å². The van der Waals surface area contributed by atoms with Crippen LogP contribution in [-0.2, 0) is 10.0 Å². The molecule has 0 aliphatic carbocycles. The van der Waals surface area contributed by atoms with Crippen LogP contribution in [-0.4, -0.2) is 19.1 Å². The number of nitrogens with zero attached hydrogens (tertiary/aromatic N) is 2. The molecule has 1 N–H and O–H groups in total. The second-order valence-electron chi connectivity index (χ2n) is 5.42. The molecule has 3 rings (SSSR count). The summed E-state index contributed by atoms with van der Waals surface area (Å²) in [7, 11) is -3.76. The van der Waals surface area contributed by atoms with Crippen molar-refractivity contribution in [2.45, 2.75) is 11.8 Å². The summed E-state index contributed by atoms with van der Waals surface area (Å²) in [6.45, 7) is 1.75. The standard InChI is InChI=1S/C19H17N3O2S/c1-15-7-5-6-10-18(15)25(23,24)22-21-19(16-8-3-2-4-9-16)17-11-13-20-14-12-17/h2-14,22H,1H3/b21-19-. The molecule has 1 heterocycles. The molecule has 0 bridgehead atoms. The van der Waals surface area contributed by atoms with Gasteiger partial charge in [-0.1, -0.05) is 48.5 Å². The van der Waals surface area contributed by atoms with Crippen LogP contribution in [0.2, 0.25) is 0 Å². The zero-order valence-electron chi connectivity index (χ0n) is 13.6. The van der Waals surface area contributed by atoms with Crippen LogP contribution >= 0.6 is 0 Å². The molecule has 6 heteroatoms. The highest BCUT2D eigenvalue weighted by Crippen LogP contribution is 2.15. The van der Waals surface area contributed by atoms with Gasteiger partial charge in [-0.2, -0.15) is 18.4 Å². The SMILES string of the molecule is Cc1ccccc1S(=O)(=O)N/N=C(/c1ccccc1)c1ccncc1. The van der Waals surface area contributed by atoms with E-state index < -0.39 is 10.0 Å². The summed E-state index contributed by atoms with van der Waals surface area (Å²) in [6, 6.07) is 19.8. The van der Waals surface area contributed by atoms with E-state index >= 15 is 0 Å². The molecule has 0 saturated heterocycles. The van der Waals surface area contributed by atoms with Crippen LogP contribution in [0.3, 0.4) is 0 Å². The molecule has 0 saturated carbocycles. The van der Waals surface area contributed by atoms with Gasteiger partial charge in [0.2, 0.25) is 0 Å². The van der Waals surface area contributed by atoms with E-state index in [0.29, 0.717) is 11.3 Å². The average molecular weight is 351 g/mol. The number of pyridine rings is 1. The topological polar surface area (TPSA) is 71.4 Å². The molecule has 0 spiro atoms. The second kappa shape index (κ2) is 7.27. The van der Waals surface area contributed by atoms with Crippen molar-refractivity contribution in [1.29, 1.82) is 0 Å². The maximum atomic E-state index is 12.6. The summed E-state index contributed by atoms with van der Waals surface area (Å²) >= 11 is 0. The highest BCUT2D eigenvalue weighted by molar-refractivity contribution is 7.89. The quantitative estimate of drug-likeness (QED) is 0.567. The highest BCUT2D eigenvalue weighted by atomic mass is 32.2. The number of sulfonamides is 1. The van der Waals surface area contributed by atoms with Gasteiger partial charge < -0.3 is 0 Å². The molecule has 0 aliphatic rings. The lowest BCUT2D eigenvalue weighted by molar-refractivity contribution is 0.584. The Morgan fingerprint density at radius 3 is 2.16 bits per heavy atom. The summed E-state index contributed by atoms with van der Waals surface area (Å²) < 4.78 is 25.2. The van der Waals surface area contributed by atoms with Crippen molar-refractivity contribution < 1.29 is 8.42 Å². The van der Waals surface area contributed by atoms with E-state index in [2.05, 4.69) is 14.9 Å². The predicted molar refractivity (Wildman–Crippen MR) is 97.8 cm³/mol. The fourth-order valence-corrected chi connectivity index (χ4v) is 3.47. The Morgan fingerprint density at radius 1 is 0.880 bits per heavy atom. The maximum absolute atomic E-state index is 12.6. The minimum absolute atomic E-state index is 0.209. The van der Waals surface area contributed by atoms with Gasteiger partial charge in [0.25, 0.3) is 10.0 Å². The molecule has 2 aromatic carbocycles. The van der Waals surface area contributed by atoms with Crippen LogP contribution in [0.4, 0.5) is 0 Å². The van der Waals surface area contributed by atoms with Crippen LogP contribution in [0.5, 0.6) is 0 Å². The monoisotopic (exact) mass is 351 g/mol. The summed E-state index contributed by atoms with van der Waals surface area (Å²) in [5, 5.41) is 4.20. The first-order valence-corrected chi connectivity index (χ1v) is 9.17. The van der Waals surface area contributed by atoms with Crippen molar-refractivity contribution in [2.75, 3.05) is 0 Å². The van der Waals surface area contributed by atoms with Crippen LogP contribution in [0.25, 0.3) is 0 Å². The summed E-state index contributed by atoms with van der Waals surface area (Å²) in [4.78, 5) is 6.56. The molecule has 0 atom stereocenters. The maximum Gasteiger partial charge on any atom is 0.276 e. The summed E-state index contributed by atoms with van der Waals surface area (Å²) in [5.74, 6) is 0. The van der Waals surface area contributed by atoms with Gasteiger partial charge in [-0.05, 0) is 30.7 Å². The van der Waals surface area contributed by atoms with Gasteiger partial charge >= 0.3 is 0 Å². The zero-order valence-corrected chi connectivity index (χ0v) is 14.4. The molecule has 5 nitrogen and oxygen atoms in total. The fourth-order valence-electron chi connectivity index (χ4n) is 2.41. The van der Waals surface area contributed by atoms with Crippen LogP contribution in [0, 0.1) is 6.92 Å². The number of hydrogen-bond acceptors (Lipinski definition) is 4. The third-order valence-electron chi connectivity index (χ3n) is 3.66. The van der Waals surface area contributed by atoms with Crippen molar-refractivity contribution in [3.63, 3.8) is 0 Å². The number of aromatic nitrogens is 1. The number of benzene rings is 2.